The number of hydrogen-bond donors (Lipinski definition) is 2. The Balaban J connectivity index is 1.45. The van der Waals surface area contributed by atoms with Crippen molar-refractivity contribution >= 4 is 57.7 Å². The van der Waals surface area contributed by atoms with Crippen molar-refractivity contribution in [2.45, 2.75) is 59.6 Å². The van der Waals surface area contributed by atoms with Gasteiger partial charge in [0.15, 0.2) is 0 Å². The topological polar surface area (TPSA) is 58.2 Å². The molecule has 2 amide bonds. The van der Waals surface area contributed by atoms with Crippen molar-refractivity contribution in [2.75, 3.05) is 0 Å². The van der Waals surface area contributed by atoms with Gasteiger partial charge in [-0.25, -0.2) is 0 Å². The molecule has 2 N–H and O–H groups in total. The summed E-state index contributed by atoms with van der Waals surface area (Å²) in [6, 6.07) is 50.9. The van der Waals surface area contributed by atoms with Gasteiger partial charge in [-0.3, -0.25) is 0 Å². The molecule has 301 valence electrons. The molecule has 0 saturated carbocycles. The van der Waals surface area contributed by atoms with Crippen molar-refractivity contribution in [3.63, 3.8) is 0 Å². The number of rotatable bonds is 17. The average molecular weight is 908 g/mol. The van der Waals surface area contributed by atoms with E-state index in [-0.39, 0.29) is 0 Å². The summed E-state index contributed by atoms with van der Waals surface area (Å²) in [4.78, 5) is 25.7. The monoisotopic (exact) mass is 905 g/mol. The van der Waals surface area contributed by atoms with Crippen molar-refractivity contribution in [2.24, 2.45) is 0 Å². The van der Waals surface area contributed by atoms with Crippen LogP contribution in [0.2, 0.25) is 0 Å². The number of carbonyl (C=O) groups excluding carboxylic acids is 2. The van der Waals surface area contributed by atoms with E-state index < -0.39 is 27.9 Å². The molecule has 0 spiro atoms. The molecule has 0 bridgehead atoms. The third-order valence-electron chi connectivity index (χ3n) is 12.7. The molecule has 0 saturated heterocycles. The first-order valence-corrected chi connectivity index (χ1v) is 31.9. The Bertz CT molecular complexity index is 2420. The van der Waals surface area contributed by atoms with Gasteiger partial charge in [-0.05, 0) is 0 Å². The van der Waals surface area contributed by atoms with E-state index in [2.05, 4.69) is 146 Å². The van der Waals surface area contributed by atoms with Gasteiger partial charge in [0, 0.05) is 0 Å². The van der Waals surface area contributed by atoms with Gasteiger partial charge in [-0.2, -0.15) is 0 Å². The quantitative estimate of drug-likeness (QED) is 0.0708. The molecule has 8 heteroatoms. The van der Waals surface area contributed by atoms with Crippen LogP contribution in [0.4, 0.5) is 0 Å². The Hall–Kier alpha value is -4.73. The number of amides is 2. The van der Waals surface area contributed by atoms with Crippen LogP contribution in [0.25, 0.3) is 45.6 Å². The molecule has 2 unspecified atom stereocenters. The average Bonchev–Trinajstić information content (AvgIpc) is 3.90. The predicted molar refractivity (Wildman–Crippen MR) is 251 cm³/mol. The zero-order chi connectivity index (χ0) is 41.7. The molecular formula is C52H50BCl2N2O2Zr. The second kappa shape index (κ2) is 18.1. The third kappa shape index (κ3) is 7.50. The summed E-state index contributed by atoms with van der Waals surface area (Å²) in [5.41, 5.74) is 15.2. The van der Waals surface area contributed by atoms with Gasteiger partial charge >= 0.3 is 366 Å². The van der Waals surface area contributed by atoms with E-state index in [1.54, 1.807) is 0 Å². The van der Waals surface area contributed by atoms with E-state index in [1.807, 2.05) is 36.4 Å². The third-order valence-corrected chi connectivity index (χ3v) is 32.4. The maximum atomic E-state index is 12.8. The fraction of sp³-hybridized carbons (Fsp3) is 0.192. The zero-order valence-electron chi connectivity index (χ0n) is 34.2. The Morgan fingerprint density at radius 1 is 0.517 bits per heavy atom. The van der Waals surface area contributed by atoms with Crippen LogP contribution in [0.3, 0.4) is 0 Å². The van der Waals surface area contributed by atoms with Crippen LogP contribution < -0.4 is 10.5 Å². The van der Waals surface area contributed by atoms with Gasteiger partial charge < -0.3 is 0 Å². The Kier molecular flexibility index (Phi) is 12.7. The van der Waals surface area contributed by atoms with E-state index in [9.17, 15) is 9.59 Å². The van der Waals surface area contributed by atoms with E-state index >= 15 is 0 Å². The summed E-state index contributed by atoms with van der Waals surface area (Å²) in [6.45, 7) is 4.44. The van der Waals surface area contributed by atoms with Crippen molar-refractivity contribution < 1.29 is 25.8 Å². The molecule has 6 aromatic carbocycles. The summed E-state index contributed by atoms with van der Waals surface area (Å²) in [6.07, 6.45) is 12.1. The first-order valence-electron chi connectivity index (χ1n) is 21.3. The Labute approximate surface area is 363 Å². The van der Waals surface area contributed by atoms with Crippen LogP contribution in [0.5, 0.6) is 0 Å². The number of nitrogens with one attached hydrogen (secondary N) is 2. The van der Waals surface area contributed by atoms with Gasteiger partial charge in [0.2, 0.25) is 0 Å². The molecule has 0 heterocycles. The fourth-order valence-electron chi connectivity index (χ4n) is 9.96. The van der Waals surface area contributed by atoms with Crippen LogP contribution >= 0.6 is 17.0 Å². The summed E-state index contributed by atoms with van der Waals surface area (Å²) < 4.78 is -2.19. The van der Waals surface area contributed by atoms with Gasteiger partial charge in [0.05, 0.1) is 0 Å². The minimum atomic E-state index is -6.21. The molecule has 2 aliphatic carbocycles. The molecule has 0 fully saturated rings. The molecule has 2 aliphatic rings. The normalized spacial score (nSPS) is 16.1. The van der Waals surface area contributed by atoms with Crippen molar-refractivity contribution in [3.8, 4) is 22.3 Å². The molecule has 0 radical (unpaired) electrons. The van der Waals surface area contributed by atoms with Crippen molar-refractivity contribution in [1.82, 2.24) is 10.5 Å². The van der Waals surface area contributed by atoms with E-state index in [4.69, 9.17) is 17.0 Å². The van der Waals surface area contributed by atoms with Crippen molar-refractivity contribution in [3.05, 3.63) is 190 Å². The standard InChI is InChI=1S/2C25H23.C2H3BN2O2.2ClH.Zr/c2*1-2-3-10-20-13-7-8-15-23(20)24-16-9-14-21-17-22(18-25(21)24)19-11-5-4-6-12-19;6-1-4-3-5-2-7;;;/h2*4-9,11-18H,2-3,10H2,1H3;1-2H,(H-,4,5,6,7);2*1H;/q;;;;;+1/p-1. The van der Waals surface area contributed by atoms with Crippen LogP contribution in [-0.2, 0) is 38.6 Å². The number of allylic oxidation sites excluding steroid dienone is 2. The molecule has 0 aliphatic heterocycles. The van der Waals surface area contributed by atoms with Crippen LogP contribution in [0.15, 0.2) is 146 Å². The Morgan fingerprint density at radius 2 is 0.900 bits per heavy atom. The summed E-state index contributed by atoms with van der Waals surface area (Å²) >= 11 is -6.21. The molecule has 4 nitrogen and oxygen atoms in total. The van der Waals surface area contributed by atoms with E-state index in [1.165, 1.54) is 22.3 Å². The fourth-order valence-corrected chi connectivity index (χ4v) is 29.7. The van der Waals surface area contributed by atoms with Gasteiger partial charge in [0.1, 0.15) is 0 Å². The number of unbranched alkanes of at least 4 members (excludes halogenated alkanes) is 2. The second-order valence-corrected chi connectivity index (χ2v) is 37.6. The summed E-state index contributed by atoms with van der Waals surface area (Å²) in [5.74, 6) is 0. The number of fused-ring (bicyclic) bond motifs is 2. The minimum absolute atomic E-state index is 0.566. The van der Waals surface area contributed by atoms with Crippen LogP contribution in [0, 0.1) is 0 Å². The molecule has 8 rings (SSSR count). The maximum absolute atomic E-state index is 12.8. The first kappa shape index (κ1) is 42.0. The molecular weight excluding hydrogens is 858 g/mol. The number of halogens is 2. The van der Waals surface area contributed by atoms with Crippen LogP contribution in [0.1, 0.15) is 91.3 Å². The second-order valence-electron chi connectivity index (χ2n) is 16.2. The first-order chi connectivity index (χ1) is 29.3. The van der Waals surface area contributed by atoms with E-state index in [0.29, 0.717) is 12.8 Å². The van der Waals surface area contributed by atoms with Crippen molar-refractivity contribution in [1.29, 1.82) is 0 Å². The predicted octanol–water partition coefficient (Wildman–Crippen LogP) is 13.1. The molecule has 0 aromatic heterocycles. The molecule has 60 heavy (non-hydrogen) atoms. The SMILES string of the molecule is CCCCc1ccccc1-c1cccc2c1C=C(c1ccccc1)[CH]2[Zr]([Cl])([Cl])([B](NC=O)NC=O)[CH]1C(c2ccccc2)=Cc2c(-c3ccccc3CCCC)cccc21. The van der Waals surface area contributed by atoms with Gasteiger partial charge in [-0.1, -0.05) is 0 Å². The number of carbonyl (C=O) groups is 2. The number of benzene rings is 6. The van der Waals surface area contributed by atoms with Crippen LogP contribution in [-0.4, -0.2) is 17.3 Å². The number of aryl methyl sites for hydroxylation is 2. The molecule has 6 aromatic rings. The van der Waals surface area contributed by atoms with E-state index in [0.717, 1.165) is 94.2 Å². The summed E-state index contributed by atoms with van der Waals surface area (Å²) in [5, 5.41) is 6.07. The molecule has 2 atom stereocenters. The number of hydrogen-bond acceptors (Lipinski definition) is 2. The van der Waals surface area contributed by atoms with Gasteiger partial charge in [0.25, 0.3) is 0 Å². The summed E-state index contributed by atoms with van der Waals surface area (Å²) in [7, 11) is 17.8. The van der Waals surface area contributed by atoms with Gasteiger partial charge in [-0.15, -0.1) is 0 Å². The Morgan fingerprint density at radius 3 is 1.30 bits per heavy atom. The zero-order valence-corrected chi connectivity index (χ0v) is 38.2.